The molecule has 4 heteroatoms. The summed E-state index contributed by atoms with van der Waals surface area (Å²) in [4.78, 5) is 23.5. The van der Waals surface area contributed by atoms with Crippen LogP contribution in [-0.2, 0) is 9.59 Å². The molecule has 0 saturated heterocycles. The van der Waals surface area contributed by atoms with E-state index in [1.807, 2.05) is 39.8 Å². The smallest absolute Gasteiger partial charge is 0.330 e. The number of carbonyl (C=O) groups excluding carboxylic acids is 1. The van der Waals surface area contributed by atoms with E-state index in [0.717, 1.165) is 11.1 Å². The predicted octanol–water partition coefficient (Wildman–Crippen LogP) is 2.98. The van der Waals surface area contributed by atoms with Crippen LogP contribution in [0.1, 0.15) is 49.4 Å². The zero-order valence-corrected chi connectivity index (χ0v) is 12.6. The summed E-state index contributed by atoms with van der Waals surface area (Å²) < 4.78 is 0. The van der Waals surface area contributed by atoms with E-state index in [9.17, 15) is 14.7 Å². The number of nitrogens with one attached hydrogen (secondary N) is 1. The highest BCUT2D eigenvalue weighted by molar-refractivity contribution is 5.85. The second-order valence-electron chi connectivity index (χ2n) is 5.14. The Morgan fingerprint density at radius 1 is 1.15 bits per heavy atom. The van der Waals surface area contributed by atoms with Crippen molar-refractivity contribution in [2.75, 3.05) is 0 Å². The van der Waals surface area contributed by atoms with Crippen LogP contribution in [-0.4, -0.2) is 17.0 Å². The summed E-state index contributed by atoms with van der Waals surface area (Å²) in [6.45, 7) is 7.76. The van der Waals surface area contributed by atoms with Gasteiger partial charge in [-0.2, -0.15) is 0 Å². The molecule has 1 atom stereocenters. The van der Waals surface area contributed by atoms with Crippen LogP contribution >= 0.6 is 0 Å². The van der Waals surface area contributed by atoms with Gasteiger partial charge in [0.05, 0.1) is 0 Å². The fourth-order valence-electron chi connectivity index (χ4n) is 2.15. The highest BCUT2D eigenvalue weighted by Crippen LogP contribution is 2.19. The summed E-state index contributed by atoms with van der Waals surface area (Å²) in [5, 5.41) is 12.0. The molecule has 0 aromatic heterocycles. The molecule has 2 N–H and O–H groups in total. The molecule has 0 heterocycles. The maximum Gasteiger partial charge on any atom is 0.330 e. The Bertz CT molecular complexity index is 492. The second kappa shape index (κ2) is 7.08. The Kier molecular flexibility index (Phi) is 5.74. The number of aliphatic carboxylic acids is 1. The van der Waals surface area contributed by atoms with E-state index in [-0.39, 0.29) is 11.8 Å². The van der Waals surface area contributed by atoms with Crippen molar-refractivity contribution in [1.82, 2.24) is 5.32 Å². The summed E-state index contributed by atoms with van der Waals surface area (Å²) in [6, 6.07) is 4.47. The third-order valence-electron chi connectivity index (χ3n) is 3.75. The van der Waals surface area contributed by atoms with Gasteiger partial charge in [-0.15, -0.1) is 0 Å². The highest BCUT2D eigenvalue weighted by Gasteiger charge is 2.25. The third-order valence-corrected chi connectivity index (χ3v) is 3.75. The first-order valence-electron chi connectivity index (χ1n) is 7.01. The zero-order chi connectivity index (χ0) is 15.3. The largest absolute Gasteiger partial charge is 0.479 e. The zero-order valence-electron chi connectivity index (χ0n) is 12.6. The minimum absolute atomic E-state index is 0.136. The van der Waals surface area contributed by atoms with E-state index in [1.54, 1.807) is 6.07 Å². The fourth-order valence-corrected chi connectivity index (χ4v) is 2.15. The van der Waals surface area contributed by atoms with Crippen LogP contribution in [0.25, 0.3) is 0 Å². The summed E-state index contributed by atoms with van der Waals surface area (Å²) in [6.07, 6.45) is 1.42. The molecule has 0 spiro atoms. The summed E-state index contributed by atoms with van der Waals surface area (Å²) in [5.41, 5.74) is 2.73. The molecule has 1 aromatic rings. The van der Waals surface area contributed by atoms with Crippen LogP contribution in [0.15, 0.2) is 18.2 Å². The van der Waals surface area contributed by atoms with Gasteiger partial charge in [-0.1, -0.05) is 32.0 Å². The SMILES string of the molecule is CCC(CC)C(=O)NC(C(=O)O)c1ccc(C)c(C)c1. The van der Waals surface area contributed by atoms with Gasteiger partial charge in [0.25, 0.3) is 0 Å². The molecule has 20 heavy (non-hydrogen) atoms. The first kappa shape index (κ1) is 16.2. The Labute approximate surface area is 120 Å². The first-order chi connectivity index (χ1) is 9.40. The number of aryl methyl sites for hydroxylation is 2. The van der Waals surface area contributed by atoms with Crippen molar-refractivity contribution in [3.05, 3.63) is 34.9 Å². The van der Waals surface area contributed by atoms with Crippen LogP contribution in [0.3, 0.4) is 0 Å². The van der Waals surface area contributed by atoms with E-state index in [2.05, 4.69) is 5.32 Å². The maximum atomic E-state index is 12.1. The lowest BCUT2D eigenvalue weighted by molar-refractivity contribution is -0.142. The van der Waals surface area contributed by atoms with Gasteiger partial charge >= 0.3 is 5.97 Å². The van der Waals surface area contributed by atoms with Crippen molar-refractivity contribution < 1.29 is 14.7 Å². The Hall–Kier alpha value is -1.84. The summed E-state index contributed by atoms with van der Waals surface area (Å²) in [5.74, 6) is -1.36. The van der Waals surface area contributed by atoms with Crippen molar-refractivity contribution in [3.63, 3.8) is 0 Å². The van der Waals surface area contributed by atoms with Crippen LogP contribution in [0.4, 0.5) is 0 Å². The second-order valence-corrected chi connectivity index (χ2v) is 5.14. The Balaban J connectivity index is 2.97. The van der Waals surface area contributed by atoms with E-state index in [0.29, 0.717) is 18.4 Å². The molecule has 0 aliphatic carbocycles. The molecule has 0 radical (unpaired) electrons. The van der Waals surface area contributed by atoms with Crippen LogP contribution in [0.2, 0.25) is 0 Å². The quantitative estimate of drug-likeness (QED) is 0.840. The lowest BCUT2D eigenvalue weighted by atomic mass is 9.98. The van der Waals surface area contributed by atoms with Gasteiger partial charge < -0.3 is 10.4 Å². The van der Waals surface area contributed by atoms with Crippen molar-refractivity contribution in [3.8, 4) is 0 Å². The Morgan fingerprint density at radius 2 is 1.75 bits per heavy atom. The van der Waals surface area contributed by atoms with Gasteiger partial charge in [0, 0.05) is 5.92 Å². The highest BCUT2D eigenvalue weighted by atomic mass is 16.4. The van der Waals surface area contributed by atoms with Crippen LogP contribution in [0, 0.1) is 19.8 Å². The van der Waals surface area contributed by atoms with Crippen molar-refractivity contribution in [2.45, 2.75) is 46.6 Å². The summed E-state index contributed by atoms with van der Waals surface area (Å²) in [7, 11) is 0. The molecule has 1 rings (SSSR count). The lowest BCUT2D eigenvalue weighted by Gasteiger charge is -2.19. The van der Waals surface area contributed by atoms with Crippen molar-refractivity contribution in [2.24, 2.45) is 5.92 Å². The normalized spacial score (nSPS) is 12.2. The monoisotopic (exact) mass is 277 g/mol. The number of benzene rings is 1. The van der Waals surface area contributed by atoms with E-state index in [4.69, 9.17) is 0 Å². The molecule has 0 saturated carbocycles. The number of carboxylic acids is 1. The van der Waals surface area contributed by atoms with Gasteiger partial charge in [-0.05, 0) is 43.4 Å². The Morgan fingerprint density at radius 3 is 2.20 bits per heavy atom. The minimum Gasteiger partial charge on any atom is -0.479 e. The predicted molar refractivity (Wildman–Crippen MR) is 78.5 cm³/mol. The third kappa shape index (κ3) is 3.83. The molecule has 4 nitrogen and oxygen atoms in total. The number of hydrogen-bond acceptors (Lipinski definition) is 2. The molecular formula is C16H23NO3. The van der Waals surface area contributed by atoms with Gasteiger partial charge in [0.2, 0.25) is 5.91 Å². The lowest BCUT2D eigenvalue weighted by Crippen LogP contribution is -2.37. The molecule has 110 valence electrons. The average Bonchev–Trinajstić information content (AvgIpc) is 2.40. The van der Waals surface area contributed by atoms with E-state index < -0.39 is 12.0 Å². The van der Waals surface area contributed by atoms with Gasteiger partial charge in [0.1, 0.15) is 0 Å². The molecule has 1 amide bonds. The maximum absolute atomic E-state index is 12.1. The molecule has 0 fully saturated rings. The fraction of sp³-hybridized carbons (Fsp3) is 0.500. The molecule has 1 unspecified atom stereocenters. The average molecular weight is 277 g/mol. The van der Waals surface area contributed by atoms with Gasteiger partial charge in [0.15, 0.2) is 6.04 Å². The number of carbonyl (C=O) groups is 2. The number of carboxylic acid groups (broad SMARTS) is 1. The number of rotatable bonds is 6. The molecule has 0 aliphatic rings. The standard InChI is InChI=1S/C16H23NO3/c1-5-12(6-2)15(18)17-14(16(19)20)13-8-7-10(3)11(4)9-13/h7-9,12,14H,5-6H2,1-4H3,(H,17,18)(H,19,20). The van der Waals surface area contributed by atoms with Crippen molar-refractivity contribution >= 4 is 11.9 Å². The van der Waals surface area contributed by atoms with E-state index >= 15 is 0 Å². The number of amides is 1. The van der Waals surface area contributed by atoms with Crippen molar-refractivity contribution in [1.29, 1.82) is 0 Å². The first-order valence-corrected chi connectivity index (χ1v) is 7.01. The minimum atomic E-state index is -1.03. The van der Waals surface area contributed by atoms with Gasteiger partial charge in [-0.3, -0.25) is 4.79 Å². The molecular weight excluding hydrogens is 254 g/mol. The van der Waals surface area contributed by atoms with E-state index in [1.165, 1.54) is 0 Å². The number of hydrogen-bond donors (Lipinski definition) is 2. The topological polar surface area (TPSA) is 66.4 Å². The molecule has 0 aliphatic heterocycles. The van der Waals surface area contributed by atoms with Crippen LogP contribution < -0.4 is 5.32 Å². The molecule has 1 aromatic carbocycles. The summed E-state index contributed by atoms with van der Waals surface area (Å²) >= 11 is 0. The van der Waals surface area contributed by atoms with Crippen LogP contribution in [0.5, 0.6) is 0 Å². The van der Waals surface area contributed by atoms with Gasteiger partial charge in [-0.25, -0.2) is 4.79 Å². The molecule has 0 bridgehead atoms.